The lowest BCUT2D eigenvalue weighted by Crippen LogP contribution is -2.46. The maximum atomic E-state index is 12.3. The van der Waals surface area contributed by atoms with Gasteiger partial charge in [-0.25, -0.2) is 0 Å². The first-order valence-corrected chi connectivity index (χ1v) is 7.60. The van der Waals surface area contributed by atoms with E-state index >= 15 is 0 Å². The molecule has 0 aliphatic carbocycles. The number of hydrogen-bond acceptors (Lipinski definition) is 6. The Balaban J connectivity index is 1.68. The van der Waals surface area contributed by atoms with Crippen molar-refractivity contribution in [2.75, 3.05) is 32.8 Å². The Labute approximate surface area is 130 Å². The van der Waals surface area contributed by atoms with E-state index in [9.17, 15) is 14.4 Å². The number of ether oxygens (including phenoxy) is 1. The smallest absolute Gasteiger partial charge is 0.294 e. The highest BCUT2D eigenvalue weighted by molar-refractivity contribution is 8.18. The highest BCUT2D eigenvalue weighted by Crippen LogP contribution is 2.32. The summed E-state index contributed by atoms with van der Waals surface area (Å²) in [7, 11) is 0. The van der Waals surface area contributed by atoms with Gasteiger partial charge < -0.3 is 14.1 Å². The highest BCUT2D eigenvalue weighted by Gasteiger charge is 2.37. The summed E-state index contributed by atoms with van der Waals surface area (Å²) in [6.45, 7) is 1.70. The van der Waals surface area contributed by atoms with E-state index in [1.807, 2.05) is 0 Å². The van der Waals surface area contributed by atoms with Crippen molar-refractivity contribution >= 4 is 34.9 Å². The third kappa shape index (κ3) is 3.07. The predicted molar refractivity (Wildman–Crippen MR) is 78.8 cm³/mol. The molecule has 0 bridgehead atoms. The van der Waals surface area contributed by atoms with Crippen LogP contribution in [0.1, 0.15) is 5.56 Å². The molecule has 8 heteroatoms. The maximum absolute atomic E-state index is 12.3. The van der Waals surface area contributed by atoms with Gasteiger partial charge in [0.2, 0.25) is 5.91 Å². The minimum absolute atomic E-state index is 0.229. The van der Waals surface area contributed by atoms with Crippen LogP contribution in [-0.2, 0) is 14.3 Å². The Hall–Kier alpha value is -2.06. The van der Waals surface area contributed by atoms with E-state index in [4.69, 9.17) is 9.15 Å². The Morgan fingerprint density at radius 1 is 1.32 bits per heavy atom. The Bertz CT molecular complexity index is 619. The molecule has 3 amide bonds. The number of furan rings is 1. The zero-order valence-corrected chi connectivity index (χ0v) is 12.5. The molecule has 0 radical (unpaired) electrons. The van der Waals surface area contributed by atoms with Gasteiger partial charge in [-0.05, 0) is 23.9 Å². The Kier molecular flexibility index (Phi) is 4.30. The molecule has 2 aliphatic heterocycles. The summed E-state index contributed by atoms with van der Waals surface area (Å²) >= 11 is 0.830. The fraction of sp³-hybridized carbons (Fsp3) is 0.357. The molecule has 3 heterocycles. The standard InChI is InChI=1S/C14H14N2O5S/c17-12(15-2-5-20-6-3-15)8-16-13(18)11(22-14(16)19)7-10-1-4-21-9-10/h1,4,7,9H,2-3,5-6,8H2/b11-7+. The van der Waals surface area contributed by atoms with Crippen molar-refractivity contribution in [3.63, 3.8) is 0 Å². The van der Waals surface area contributed by atoms with Crippen LogP contribution in [0.5, 0.6) is 0 Å². The van der Waals surface area contributed by atoms with Crippen molar-refractivity contribution in [2.24, 2.45) is 0 Å². The number of rotatable bonds is 3. The molecular formula is C14H14N2O5S. The van der Waals surface area contributed by atoms with E-state index in [1.54, 1.807) is 17.0 Å². The Morgan fingerprint density at radius 3 is 2.77 bits per heavy atom. The van der Waals surface area contributed by atoms with Gasteiger partial charge in [-0.15, -0.1) is 0 Å². The molecule has 0 unspecified atom stereocenters. The summed E-state index contributed by atoms with van der Waals surface area (Å²) < 4.78 is 10.1. The van der Waals surface area contributed by atoms with E-state index in [0.29, 0.717) is 36.8 Å². The molecule has 0 spiro atoms. The van der Waals surface area contributed by atoms with Crippen LogP contribution >= 0.6 is 11.8 Å². The zero-order valence-electron chi connectivity index (χ0n) is 11.7. The zero-order chi connectivity index (χ0) is 15.5. The van der Waals surface area contributed by atoms with Gasteiger partial charge in [0.05, 0.1) is 30.6 Å². The average Bonchev–Trinajstić information content (AvgIpc) is 3.12. The van der Waals surface area contributed by atoms with E-state index in [1.165, 1.54) is 12.5 Å². The lowest BCUT2D eigenvalue weighted by atomic mass is 10.3. The van der Waals surface area contributed by atoms with Crippen LogP contribution in [0.2, 0.25) is 0 Å². The summed E-state index contributed by atoms with van der Waals surface area (Å²) in [5.74, 6) is -0.687. The van der Waals surface area contributed by atoms with Crippen molar-refractivity contribution in [1.82, 2.24) is 9.80 Å². The molecular weight excluding hydrogens is 308 g/mol. The highest BCUT2D eigenvalue weighted by atomic mass is 32.2. The average molecular weight is 322 g/mol. The third-order valence-corrected chi connectivity index (χ3v) is 4.28. The van der Waals surface area contributed by atoms with Gasteiger partial charge in [0.15, 0.2) is 0 Å². The lowest BCUT2D eigenvalue weighted by molar-refractivity contribution is -0.139. The molecule has 2 aliphatic rings. The van der Waals surface area contributed by atoms with E-state index in [2.05, 4.69) is 0 Å². The Morgan fingerprint density at radius 2 is 2.09 bits per heavy atom. The van der Waals surface area contributed by atoms with Crippen molar-refractivity contribution in [3.8, 4) is 0 Å². The molecule has 1 aromatic heterocycles. The predicted octanol–water partition coefficient (Wildman–Crippen LogP) is 1.17. The van der Waals surface area contributed by atoms with Gasteiger partial charge in [-0.1, -0.05) is 0 Å². The summed E-state index contributed by atoms with van der Waals surface area (Å²) in [6.07, 6.45) is 4.54. The number of morpholine rings is 1. The second kappa shape index (κ2) is 6.37. The van der Waals surface area contributed by atoms with Crippen LogP contribution in [0, 0.1) is 0 Å². The van der Waals surface area contributed by atoms with Crippen LogP contribution in [0.3, 0.4) is 0 Å². The largest absolute Gasteiger partial charge is 0.472 e. The van der Waals surface area contributed by atoms with E-state index in [0.717, 1.165) is 16.7 Å². The number of carbonyl (C=O) groups excluding carboxylic acids is 3. The molecule has 0 saturated carbocycles. The number of amides is 3. The number of nitrogens with zero attached hydrogens (tertiary/aromatic N) is 2. The maximum Gasteiger partial charge on any atom is 0.294 e. The molecule has 116 valence electrons. The fourth-order valence-electron chi connectivity index (χ4n) is 2.19. The number of imide groups is 1. The van der Waals surface area contributed by atoms with E-state index < -0.39 is 11.1 Å². The number of carbonyl (C=O) groups is 3. The van der Waals surface area contributed by atoms with Crippen LogP contribution in [0.15, 0.2) is 27.9 Å². The topological polar surface area (TPSA) is 80.1 Å². The minimum Gasteiger partial charge on any atom is -0.472 e. The van der Waals surface area contributed by atoms with Crippen molar-refractivity contribution < 1.29 is 23.5 Å². The number of thioether (sulfide) groups is 1. The second-order valence-corrected chi connectivity index (χ2v) is 5.81. The van der Waals surface area contributed by atoms with Crippen LogP contribution in [0.4, 0.5) is 4.79 Å². The van der Waals surface area contributed by atoms with Crippen LogP contribution in [-0.4, -0.2) is 59.7 Å². The second-order valence-electron chi connectivity index (χ2n) is 4.82. The summed E-state index contributed by atoms with van der Waals surface area (Å²) in [5.41, 5.74) is 0.699. The van der Waals surface area contributed by atoms with Gasteiger partial charge in [0.1, 0.15) is 6.54 Å². The number of hydrogen-bond donors (Lipinski definition) is 0. The van der Waals surface area contributed by atoms with Crippen LogP contribution < -0.4 is 0 Å². The molecule has 0 atom stereocenters. The third-order valence-electron chi connectivity index (χ3n) is 3.37. The first-order chi connectivity index (χ1) is 10.6. The quantitative estimate of drug-likeness (QED) is 0.777. The van der Waals surface area contributed by atoms with E-state index in [-0.39, 0.29) is 12.5 Å². The first-order valence-electron chi connectivity index (χ1n) is 6.78. The molecule has 0 aromatic carbocycles. The molecule has 2 saturated heterocycles. The summed E-state index contributed by atoms with van der Waals surface area (Å²) in [5, 5.41) is -0.429. The van der Waals surface area contributed by atoms with Gasteiger partial charge in [0.25, 0.3) is 11.1 Å². The molecule has 3 rings (SSSR count). The van der Waals surface area contributed by atoms with Gasteiger partial charge in [-0.3, -0.25) is 19.3 Å². The molecule has 22 heavy (non-hydrogen) atoms. The molecule has 0 N–H and O–H groups in total. The normalized spacial score (nSPS) is 21.0. The first kappa shape index (κ1) is 14.9. The SMILES string of the molecule is O=C(CN1C(=O)S/C(=C/c2ccoc2)C1=O)N1CCOCC1. The fourth-order valence-corrected chi connectivity index (χ4v) is 3.03. The van der Waals surface area contributed by atoms with Gasteiger partial charge >= 0.3 is 0 Å². The minimum atomic E-state index is -0.446. The van der Waals surface area contributed by atoms with Gasteiger partial charge in [0, 0.05) is 18.7 Å². The van der Waals surface area contributed by atoms with Gasteiger partial charge in [-0.2, -0.15) is 0 Å². The molecule has 1 aromatic rings. The molecule has 2 fully saturated rings. The van der Waals surface area contributed by atoms with Crippen molar-refractivity contribution in [3.05, 3.63) is 29.1 Å². The summed E-state index contributed by atoms with van der Waals surface area (Å²) in [4.78, 5) is 39.2. The summed E-state index contributed by atoms with van der Waals surface area (Å²) in [6, 6.07) is 1.69. The molecule has 7 nitrogen and oxygen atoms in total. The van der Waals surface area contributed by atoms with Crippen molar-refractivity contribution in [2.45, 2.75) is 0 Å². The van der Waals surface area contributed by atoms with Crippen LogP contribution in [0.25, 0.3) is 6.08 Å². The van der Waals surface area contributed by atoms with Crippen molar-refractivity contribution in [1.29, 1.82) is 0 Å². The lowest BCUT2D eigenvalue weighted by Gasteiger charge is -2.27. The monoisotopic (exact) mass is 322 g/mol.